The van der Waals surface area contributed by atoms with Crippen LogP contribution in [0.4, 0.5) is 11.4 Å². The molecular weight excluding hydrogens is 348 g/mol. The van der Waals surface area contributed by atoms with E-state index in [2.05, 4.69) is 10.6 Å². The molecule has 27 heavy (non-hydrogen) atoms. The van der Waals surface area contributed by atoms with Crippen molar-refractivity contribution in [3.05, 3.63) is 60.7 Å². The van der Waals surface area contributed by atoms with E-state index < -0.39 is 23.4 Å². The molecule has 7 heteroatoms. The summed E-state index contributed by atoms with van der Waals surface area (Å²) in [5.41, 5.74) is 1.19. The van der Waals surface area contributed by atoms with Gasteiger partial charge in [-0.1, -0.05) is 36.4 Å². The first kappa shape index (κ1) is 20.0. The molecular formula is C20H20N2O5. The zero-order chi connectivity index (χ0) is 19.5. The molecule has 2 N–H and O–H groups in total. The van der Waals surface area contributed by atoms with Gasteiger partial charge in [0, 0.05) is 11.4 Å². The topological polar surface area (TPSA) is 102 Å². The summed E-state index contributed by atoms with van der Waals surface area (Å²) in [7, 11) is 0. The number of hydrogen-bond donors (Lipinski definition) is 2. The summed E-state index contributed by atoms with van der Waals surface area (Å²) in [4.78, 5) is 46.9. The number of benzene rings is 2. The van der Waals surface area contributed by atoms with Crippen LogP contribution in [0.1, 0.15) is 12.8 Å². The Balaban J connectivity index is 1.62. The molecule has 0 saturated heterocycles. The van der Waals surface area contributed by atoms with Gasteiger partial charge in [0.25, 0.3) is 0 Å². The fraction of sp³-hybridized carbons (Fsp3) is 0.200. The lowest BCUT2D eigenvalue weighted by Crippen LogP contribution is -2.23. The maximum Gasteiger partial charge on any atom is 0.231 e. The number of rotatable bonds is 10. The first-order valence-electron chi connectivity index (χ1n) is 8.34. The molecule has 0 aliphatic rings. The second-order valence-electron chi connectivity index (χ2n) is 5.75. The number of ether oxygens (including phenoxy) is 1. The molecule has 0 heterocycles. The molecule has 2 aromatic rings. The molecule has 0 aliphatic heterocycles. The summed E-state index contributed by atoms with van der Waals surface area (Å²) in [6.07, 6.45) is -0.699. The quantitative estimate of drug-likeness (QED) is 0.626. The molecule has 2 rings (SSSR count). The van der Waals surface area contributed by atoms with E-state index in [9.17, 15) is 19.2 Å². The van der Waals surface area contributed by atoms with Crippen LogP contribution in [0.3, 0.4) is 0 Å². The third-order valence-corrected chi connectivity index (χ3v) is 3.36. The van der Waals surface area contributed by atoms with Gasteiger partial charge in [0.05, 0.1) is 12.8 Å². The molecule has 0 unspecified atom stereocenters. The fourth-order valence-electron chi connectivity index (χ4n) is 2.19. The first-order valence-corrected chi connectivity index (χ1v) is 8.34. The SMILES string of the molecule is O=C(COCC(=O)CC(=O)Nc1ccccc1)CC(=O)Nc1ccccc1. The number of ketones is 2. The molecule has 0 fully saturated rings. The van der Waals surface area contributed by atoms with E-state index in [-0.39, 0.29) is 26.1 Å². The van der Waals surface area contributed by atoms with Crippen LogP contribution in [-0.4, -0.2) is 36.6 Å². The Hall–Kier alpha value is -3.32. The molecule has 0 aromatic heterocycles. The Morgan fingerprint density at radius 1 is 0.630 bits per heavy atom. The van der Waals surface area contributed by atoms with Crippen molar-refractivity contribution >= 4 is 34.8 Å². The summed E-state index contributed by atoms with van der Waals surface area (Å²) in [5.74, 6) is -1.82. The van der Waals surface area contributed by atoms with Crippen LogP contribution in [0, 0.1) is 0 Å². The molecule has 7 nitrogen and oxygen atoms in total. The minimum Gasteiger partial charge on any atom is -0.366 e. The number of para-hydroxylation sites is 2. The number of hydrogen-bond acceptors (Lipinski definition) is 5. The number of anilines is 2. The molecule has 0 atom stereocenters. The Morgan fingerprint density at radius 3 is 1.37 bits per heavy atom. The average molecular weight is 368 g/mol. The van der Waals surface area contributed by atoms with Crippen molar-refractivity contribution < 1.29 is 23.9 Å². The van der Waals surface area contributed by atoms with Crippen LogP contribution >= 0.6 is 0 Å². The van der Waals surface area contributed by atoms with E-state index in [1.165, 1.54) is 0 Å². The van der Waals surface area contributed by atoms with E-state index in [0.29, 0.717) is 11.4 Å². The molecule has 0 aliphatic carbocycles. The van der Waals surface area contributed by atoms with Gasteiger partial charge in [-0.15, -0.1) is 0 Å². The fourth-order valence-corrected chi connectivity index (χ4v) is 2.19. The maximum atomic E-state index is 11.7. The summed E-state index contributed by atoms with van der Waals surface area (Å²) < 4.78 is 5.00. The Morgan fingerprint density at radius 2 is 1.00 bits per heavy atom. The van der Waals surface area contributed by atoms with E-state index in [1.54, 1.807) is 48.5 Å². The van der Waals surface area contributed by atoms with Gasteiger partial charge in [0.2, 0.25) is 11.8 Å². The molecule has 2 aromatic carbocycles. The average Bonchev–Trinajstić information content (AvgIpc) is 2.63. The van der Waals surface area contributed by atoms with Crippen molar-refractivity contribution in [1.29, 1.82) is 0 Å². The summed E-state index contributed by atoms with van der Waals surface area (Å²) >= 11 is 0. The first-order chi connectivity index (χ1) is 13.0. The highest BCUT2D eigenvalue weighted by atomic mass is 16.5. The number of nitrogens with one attached hydrogen (secondary N) is 2. The van der Waals surface area contributed by atoms with Gasteiger partial charge in [-0.05, 0) is 24.3 Å². The second-order valence-corrected chi connectivity index (χ2v) is 5.75. The van der Waals surface area contributed by atoms with Crippen molar-refractivity contribution in [3.8, 4) is 0 Å². The molecule has 140 valence electrons. The zero-order valence-corrected chi connectivity index (χ0v) is 14.6. The predicted octanol–water partition coefficient (Wildman–Crippen LogP) is 2.20. The minimum absolute atomic E-state index is 0.350. The zero-order valence-electron chi connectivity index (χ0n) is 14.6. The standard InChI is InChI=1S/C20H20N2O5/c23-17(11-19(25)21-15-7-3-1-4-8-15)13-27-14-18(24)12-20(26)22-16-9-5-2-6-10-16/h1-10H,11-14H2,(H,21,25)(H,22,26). The summed E-state index contributed by atoms with van der Waals surface area (Å²) in [6.45, 7) is -0.734. The highest BCUT2D eigenvalue weighted by Crippen LogP contribution is 2.06. The van der Waals surface area contributed by atoms with Gasteiger partial charge < -0.3 is 15.4 Å². The van der Waals surface area contributed by atoms with Crippen LogP contribution in [0.15, 0.2) is 60.7 Å². The van der Waals surface area contributed by atoms with Crippen molar-refractivity contribution in [2.45, 2.75) is 12.8 Å². The Kier molecular flexibility index (Phi) is 7.87. The smallest absolute Gasteiger partial charge is 0.231 e. The van der Waals surface area contributed by atoms with Gasteiger partial charge in [-0.3, -0.25) is 19.2 Å². The van der Waals surface area contributed by atoms with Gasteiger partial charge in [0.15, 0.2) is 11.6 Å². The van der Waals surface area contributed by atoms with E-state index in [1.807, 2.05) is 12.1 Å². The minimum atomic E-state index is -0.455. The number of carbonyl (C=O) groups is 4. The van der Waals surface area contributed by atoms with Crippen LogP contribution in [0.25, 0.3) is 0 Å². The van der Waals surface area contributed by atoms with Crippen molar-refractivity contribution in [2.24, 2.45) is 0 Å². The van der Waals surface area contributed by atoms with Gasteiger partial charge in [-0.2, -0.15) is 0 Å². The van der Waals surface area contributed by atoms with Crippen LogP contribution in [-0.2, 0) is 23.9 Å². The van der Waals surface area contributed by atoms with Gasteiger partial charge >= 0.3 is 0 Å². The summed E-state index contributed by atoms with van der Waals surface area (Å²) in [5, 5.41) is 5.17. The highest BCUT2D eigenvalue weighted by molar-refractivity contribution is 6.05. The van der Waals surface area contributed by atoms with Crippen molar-refractivity contribution in [3.63, 3.8) is 0 Å². The molecule has 0 radical (unpaired) electrons. The second kappa shape index (κ2) is 10.6. The number of carbonyl (C=O) groups excluding carboxylic acids is 4. The normalized spacial score (nSPS) is 10.1. The number of Topliss-reactive ketones (excluding diaryl/α,β-unsaturated/α-hetero) is 2. The molecule has 0 saturated carbocycles. The third kappa shape index (κ3) is 8.06. The van der Waals surface area contributed by atoms with Crippen molar-refractivity contribution in [1.82, 2.24) is 0 Å². The molecule has 2 amide bonds. The lowest BCUT2D eigenvalue weighted by molar-refractivity contribution is -0.131. The number of amides is 2. The van der Waals surface area contributed by atoms with Gasteiger partial charge in [0.1, 0.15) is 13.2 Å². The Labute approximate surface area is 156 Å². The molecule has 0 bridgehead atoms. The lowest BCUT2D eigenvalue weighted by atomic mass is 10.2. The maximum absolute atomic E-state index is 11.7. The van der Waals surface area contributed by atoms with E-state index in [4.69, 9.17) is 4.74 Å². The Bertz CT molecular complexity index is 723. The highest BCUT2D eigenvalue weighted by Gasteiger charge is 2.13. The van der Waals surface area contributed by atoms with Crippen LogP contribution < -0.4 is 10.6 Å². The van der Waals surface area contributed by atoms with Crippen LogP contribution in [0.5, 0.6) is 0 Å². The van der Waals surface area contributed by atoms with Crippen molar-refractivity contribution in [2.75, 3.05) is 23.8 Å². The largest absolute Gasteiger partial charge is 0.366 e. The summed E-state index contributed by atoms with van der Waals surface area (Å²) in [6, 6.07) is 17.5. The third-order valence-electron chi connectivity index (χ3n) is 3.36. The molecule has 0 spiro atoms. The monoisotopic (exact) mass is 368 g/mol. The predicted molar refractivity (Wildman–Crippen MR) is 100 cm³/mol. The lowest BCUT2D eigenvalue weighted by Gasteiger charge is -2.06. The van der Waals surface area contributed by atoms with E-state index >= 15 is 0 Å². The van der Waals surface area contributed by atoms with Crippen LogP contribution in [0.2, 0.25) is 0 Å². The van der Waals surface area contributed by atoms with Gasteiger partial charge in [-0.25, -0.2) is 0 Å². The van der Waals surface area contributed by atoms with E-state index in [0.717, 1.165) is 0 Å².